The summed E-state index contributed by atoms with van der Waals surface area (Å²) in [6.45, 7) is 2.28. The number of unbranched alkanes of at least 4 members (excludes halogenated alkanes) is 22. The number of hydrogen-bond acceptors (Lipinski definition) is 5. The molecule has 224 valence electrons. The van der Waals surface area contributed by atoms with Crippen molar-refractivity contribution in [2.45, 2.75) is 173 Å². The molecule has 0 radical (unpaired) electrons. The number of aliphatic hydroxyl groups is 1. The quantitative estimate of drug-likeness (QED) is 0.112. The molecule has 0 saturated carbocycles. The Hall–Kier alpha value is -1.75. The van der Waals surface area contributed by atoms with E-state index in [2.05, 4.69) is 6.92 Å². The summed E-state index contributed by atoms with van der Waals surface area (Å²) in [7, 11) is 0. The van der Waals surface area contributed by atoms with Crippen LogP contribution >= 0.6 is 0 Å². The second kappa shape index (κ2) is 20.2. The standard InChI is InChI=1S/C34H58O5/c1-2-3-4-5-6-7-8-9-10-11-12-13-14-15-16-17-18-19-20-21-22-23-24-25-34(38)28-31(37)33-30(36)26-29(35)27-32(33)39-34/h26-27,35-36,38H,2-25,28H2,1H3/t34-/m0/s1. The Morgan fingerprint density at radius 1 is 0.641 bits per heavy atom. The summed E-state index contributed by atoms with van der Waals surface area (Å²) < 4.78 is 5.62. The number of phenolic OH excluding ortho intramolecular Hbond substituents is 2. The minimum atomic E-state index is -1.56. The molecule has 0 bridgehead atoms. The molecule has 0 spiro atoms. The number of hydrogen-bond donors (Lipinski definition) is 3. The third-order valence-electron chi connectivity index (χ3n) is 8.25. The Bertz CT molecular complexity index is 792. The van der Waals surface area contributed by atoms with E-state index in [1.807, 2.05) is 0 Å². The number of benzene rings is 1. The zero-order valence-electron chi connectivity index (χ0n) is 25.0. The van der Waals surface area contributed by atoms with Crippen LogP contribution in [0.2, 0.25) is 0 Å². The van der Waals surface area contributed by atoms with Gasteiger partial charge in [-0.3, -0.25) is 4.79 Å². The maximum absolute atomic E-state index is 12.4. The van der Waals surface area contributed by atoms with Crippen molar-refractivity contribution in [3.8, 4) is 17.2 Å². The van der Waals surface area contributed by atoms with Crippen molar-refractivity contribution in [2.24, 2.45) is 0 Å². The Labute approximate surface area is 238 Å². The first-order valence-electron chi connectivity index (χ1n) is 16.5. The van der Waals surface area contributed by atoms with Gasteiger partial charge < -0.3 is 20.1 Å². The van der Waals surface area contributed by atoms with Crippen LogP contribution in [0.1, 0.15) is 178 Å². The van der Waals surface area contributed by atoms with Crippen molar-refractivity contribution in [1.82, 2.24) is 0 Å². The summed E-state index contributed by atoms with van der Waals surface area (Å²) in [4.78, 5) is 12.4. The summed E-state index contributed by atoms with van der Waals surface area (Å²) in [6.07, 6.45) is 30.9. The first-order valence-corrected chi connectivity index (χ1v) is 16.5. The lowest BCUT2D eigenvalue weighted by Gasteiger charge is -2.33. The van der Waals surface area contributed by atoms with Crippen LogP contribution in [0, 0.1) is 0 Å². The van der Waals surface area contributed by atoms with Crippen molar-refractivity contribution in [3.63, 3.8) is 0 Å². The molecular formula is C34H58O5. The van der Waals surface area contributed by atoms with E-state index < -0.39 is 5.79 Å². The highest BCUT2D eigenvalue weighted by atomic mass is 16.6. The molecule has 1 aliphatic heterocycles. The largest absolute Gasteiger partial charge is 0.508 e. The maximum Gasteiger partial charge on any atom is 0.215 e. The minimum Gasteiger partial charge on any atom is -0.508 e. The van der Waals surface area contributed by atoms with Gasteiger partial charge in [0.2, 0.25) is 5.79 Å². The number of carbonyl (C=O) groups is 1. The van der Waals surface area contributed by atoms with Gasteiger partial charge in [-0.15, -0.1) is 0 Å². The van der Waals surface area contributed by atoms with Gasteiger partial charge >= 0.3 is 0 Å². The number of rotatable bonds is 24. The molecule has 0 saturated heterocycles. The molecule has 1 aliphatic rings. The van der Waals surface area contributed by atoms with E-state index in [1.165, 1.54) is 134 Å². The third kappa shape index (κ3) is 14.4. The molecule has 1 heterocycles. The summed E-state index contributed by atoms with van der Waals surface area (Å²) in [6, 6.07) is 2.39. The molecule has 0 aliphatic carbocycles. The van der Waals surface area contributed by atoms with Gasteiger partial charge in [0.15, 0.2) is 5.78 Å². The van der Waals surface area contributed by atoms with Crippen LogP contribution in [0.25, 0.3) is 0 Å². The monoisotopic (exact) mass is 546 g/mol. The number of carbonyl (C=O) groups excluding carboxylic acids is 1. The van der Waals surface area contributed by atoms with E-state index in [1.54, 1.807) is 0 Å². The molecule has 3 N–H and O–H groups in total. The van der Waals surface area contributed by atoms with E-state index in [4.69, 9.17) is 4.74 Å². The minimum absolute atomic E-state index is 0.0434. The lowest BCUT2D eigenvalue weighted by atomic mass is 9.93. The van der Waals surface area contributed by atoms with Crippen molar-refractivity contribution in [1.29, 1.82) is 0 Å². The normalized spacial score (nSPS) is 16.8. The predicted octanol–water partition coefficient (Wildman–Crippen LogP) is 10.1. The Balaban J connectivity index is 1.33. The lowest BCUT2D eigenvalue weighted by Crippen LogP contribution is -2.41. The first-order chi connectivity index (χ1) is 18.9. The average Bonchev–Trinajstić information content (AvgIpc) is 2.88. The molecule has 0 aromatic heterocycles. The van der Waals surface area contributed by atoms with Gasteiger partial charge in [-0.2, -0.15) is 0 Å². The zero-order chi connectivity index (χ0) is 28.2. The van der Waals surface area contributed by atoms with Crippen LogP contribution < -0.4 is 4.74 Å². The highest BCUT2D eigenvalue weighted by molar-refractivity contribution is 6.02. The van der Waals surface area contributed by atoms with Gasteiger partial charge in [-0.05, 0) is 6.42 Å². The fraction of sp³-hybridized carbons (Fsp3) is 0.794. The fourth-order valence-corrected chi connectivity index (χ4v) is 5.85. The number of ether oxygens (including phenoxy) is 1. The van der Waals surface area contributed by atoms with Gasteiger partial charge in [0.05, 0.1) is 6.42 Å². The lowest BCUT2D eigenvalue weighted by molar-refractivity contribution is -0.145. The summed E-state index contributed by atoms with van der Waals surface area (Å²) in [5.74, 6) is -2.36. The molecule has 0 unspecified atom stereocenters. The molecule has 1 aromatic rings. The Kier molecular flexibility index (Phi) is 17.3. The van der Waals surface area contributed by atoms with Gasteiger partial charge in [-0.25, -0.2) is 0 Å². The SMILES string of the molecule is CCCCCCCCCCCCCCCCCCCCCCCCC[C@@]1(O)CC(=O)c2c(O)cc(O)cc2O1. The summed E-state index contributed by atoms with van der Waals surface area (Å²) >= 11 is 0. The number of ketones is 1. The molecule has 0 amide bonds. The number of phenols is 2. The zero-order valence-corrected chi connectivity index (χ0v) is 25.0. The second-order valence-electron chi connectivity index (χ2n) is 12.0. The second-order valence-corrected chi connectivity index (χ2v) is 12.0. The van der Waals surface area contributed by atoms with Gasteiger partial charge in [0.25, 0.3) is 0 Å². The topological polar surface area (TPSA) is 87.0 Å². The van der Waals surface area contributed by atoms with Gasteiger partial charge in [-0.1, -0.05) is 148 Å². The van der Waals surface area contributed by atoms with E-state index in [0.29, 0.717) is 6.42 Å². The first kappa shape index (κ1) is 33.5. The van der Waals surface area contributed by atoms with Crippen molar-refractivity contribution < 1.29 is 24.9 Å². The maximum atomic E-state index is 12.4. The smallest absolute Gasteiger partial charge is 0.215 e. The van der Waals surface area contributed by atoms with Crippen LogP contribution in [-0.2, 0) is 0 Å². The van der Waals surface area contributed by atoms with E-state index >= 15 is 0 Å². The van der Waals surface area contributed by atoms with Crippen LogP contribution in [0.5, 0.6) is 17.2 Å². The Morgan fingerprint density at radius 2 is 1.03 bits per heavy atom. The molecule has 2 rings (SSSR count). The van der Waals surface area contributed by atoms with Gasteiger partial charge in [0.1, 0.15) is 22.8 Å². The molecule has 5 heteroatoms. The van der Waals surface area contributed by atoms with Crippen molar-refractivity contribution >= 4 is 5.78 Å². The summed E-state index contributed by atoms with van der Waals surface area (Å²) in [5, 5.41) is 30.3. The molecule has 5 nitrogen and oxygen atoms in total. The number of Topliss-reactive ketones (excluding diaryl/α,β-unsaturated/α-hetero) is 1. The highest BCUT2D eigenvalue weighted by Crippen LogP contribution is 2.41. The summed E-state index contributed by atoms with van der Waals surface area (Å²) in [5.41, 5.74) is 0.0434. The molecular weight excluding hydrogens is 488 g/mol. The van der Waals surface area contributed by atoms with Crippen LogP contribution in [0.3, 0.4) is 0 Å². The number of aromatic hydroxyl groups is 2. The molecule has 0 fully saturated rings. The van der Waals surface area contributed by atoms with E-state index in [0.717, 1.165) is 25.3 Å². The van der Waals surface area contributed by atoms with Gasteiger partial charge in [0, 0.05) is 18.6 Å². The van der Waals surface area contributed by atoms with Crippen molar-refractivity contribution in [3.05, 3.63) is 17.7 Å². The van der Waals surface area contributed by atoms with Crippen LogP contribution in [0.4, 0.5) is 0 Å². The molecule has 39 heavy (non-hydrogen) atoms. The highest BCUT2D eigenvalue weighted by Gasteiger charge is 2.40. The van der Waals surface area contributed by atoms with E-state index in [-0.39, 0.29) is 35.0 Å². The average molecular weight is 547 g/mol. The Morgan fingerprint density at radius 3 is 1.44 bits per heavy atom. The predicted molar refractivity (Wildman–Crippen MR) is 161 cm³/mol. The number of fused-ring (bicyclic) bond motifs is 1. The van der Waals surface area contributed by atoms with Crippen LogP contribution in [0.15, 0.2) is 12.1 Å². The van der Waals surface area contributed by atoms with E-state index in [9.17, 15) is 20.1 Å². The third-order valence-corrected chi connectivity index (χ3v) is 8.25. The molecule has 1 atom stereocenters. The van der Waals surface area contributed by atoms with Crippen LogP contribution in [-0.4, -0.2) is 26.9 Å². The van der Waals surface area contributed by atoms with Crippen molar-refractivity contribution in [2.75, 3.05) is 0 Å². The molecule has 1 aromatic carbocycles. The fourth-order valence-electron chi connectivity index (χ4n) is 5.85.